The quantitative estimate of drug-likeness (QED) is 0.539. The summed E-state index contributed by atoms with van der Waals surface area (Å²) in [4.78, 5) is 0. The SMILES string of the molecule is [Ge]=[Ge].[Ge][Br]. The minimum absolute atomic E-state index is 1.81. The minimum atomic E-state index is 1.81. The second-order valence-corrected chi connectivity index (χ2v) is 0. The van der Waals surface area contributed by atoms with Crippen LogP contribution in [-0.2, 0) is 0 Å². The van der Waals surface area contributed by atoms with Gasteiger partial charge in [0.1, 0.15) is 0 Å². The fourth-order valence-corrected chi connectivity index (χ4v) is 0. The predicted molar refractivity (Wildman–Crippen MR) is 26.2 cm³/mol. The third kappa shape index (κ3) is 8.93. The zero-order valence-corrected chi connectivity index (χ0v) is 9.76. The first-order valence-corrected chi connectivity index (χ1v) is 11.9. The van der Waals surface area contributed by atoms with Crippen LogP contribution in [0.5, 0.6) is 0 Å². The van der Waals surface area contributed by atoms with Crippen LogP contribution in [-0.4, -0.2) is 42.7 Å². The van der Waals surface area contributed by atoms with Gasteiger partial charge >= 0.3 is 56.7 Å². The molecule has 7 radical (unpaired) electrons. The summed E-state index contributed by atoms with van der Waals surface area (Å²) in [6, 6.07) is 0. The number of halogens is 1. The van der Waals surface area contributed by atoms with Gasteiger partial charge in [-0.25, -0.2) is 0 Å². The molecule has 0 saturated heterocycles. The molecule has 0 rings (SSSR count). The molecule has 0 aliphatic carbocycles. The van der Waals surface area contributed by atoms with Crippen LogP contribution in [0.4, 0.5) is 0 Å². The Morgan fingerprint density at radius 1 is 1.00 bits per heavy atom. The second kappa shape index (κ2) is 19.4. The molecule has 0 amide bonds. The van der Waals surface area contributed by atoms with Gasteiger partial charge in [0.2, 0.25) is 0 Å². The number of rotatable bonds is 0. The number of hydrogen-bond donors (Lipinski definition) is 0. The van der Waals surface area contributed by atoms with Gasteiger partial charge in [0.05, 0.1) is 0 Å². The van der Waals surface area contributed by atoms with Gasteiger partial charge in [-0.3, -0.25) is 0 Å². The topological polar surface area (TPSA) is 0 Å². The van der Waals surface area contributed by atoms with Gasteiger partial charge in [-0.1, -0.05) is 0 Å². The molecule has 0 saturated carbocycles. The van der Waals surface area contributed by atoms with Crippen LogP contribution in [0.3, 0.4) is 0 Å². The molecular weight excluding hydrogens is 298 g/mol. The summed E-state index contributed by atoms with van der Waals surface area (Å²) in [6.07, 6.45) is 0. The van der Waals surface area contributed by atoms with E-state index in [2.05, 4.69) is 14.0 Å². The molecule has 0 aliphatic rings. The van der Waals surface area contributed by atoms with E-state index in [1.165, 1.54) is 0 Å². The van der Waals surface area contributed by atoms with Crippen LogP contribution >= 0.6 is 14.0 Å². The molecule has 0 atom stereocenters. The van der Waals surface area contributed by atoms with E-state index in [4.69, 9.17) is 0 Å². The summed E-state index contributed by atoms with van der Waals surface area (Å²) in [5.41, 5.74) is 0. The van der Waals surface area contributed by atoms with Crippen molar-refractivity contribution in [3.05, 3.63) is 0 Å². The zero-order valence-electron chi connectivity index (χ0n) is 1.88. The van der Waals surface area contributed by atoms with Crippen LogP contribution in [0, 0.1) is 0 Å². The molecule has 0 nitrogen and oxygen atoms in total. The van der Waals surface area contributed by atoms with Gasteiger partial charge in [0.25, 0.3) is 0 Å². The Hall–Kier alpha value is 2.11. The van der Waals surface area contributed by atoms with E-state index >= 15 is 0 Å². The first-order valence-electron chi connectivity index (χ1n) is 0.439. The van der Waals surface area contributed by atoms with Gasteiger partial charge in [0.15, 0.2) is 0 Å². The van der Waals surface area contributed by atoms with E-state index in [1.54, 1.807) is 0 Å². The molecule has 0 unspecified atom stereocenters. The van der Waals surface area contributed by atoms with Crippen molar-refractivity contribution < 1.29 is 0 Å². The van der Waals surface area contributed by atoms with Crippen LogP contribution in [0.15, 0.2) is 0 Å². The van der Waals surface area contributed by atoms with E-state index in [0.717, 1.165) is 0 Å². The average molecular weight is 298 g/mol. The van der Waals surface area contributed by atoms with Gasteiger partial charge in [-0.2, -0.15) is 0 Å². The fourth-order valence-electron chi connectivity index (χ4n) is 0. The van der Waals surface area contributed by atoms with E-state index in [-0.39, 0.29) is 0 Å². The van der Waals surface area contributed by atoms with Crippen molar-refractivity contribution in [2.45, 2.75) is 0 Å². The molecule has 0 spiro atoms. The molecule has 0 bridgehead atoms. The van der Waals surface area contributed by atoms with Gasteiger partial charge in [-0.05, 0) is 0 Å². The van der Waals surface area contributed by atoms with Gasteiger partial charge in [0, 0.05) is 0 Å². The van der Waals surface area contributed by atoms with Gasteiger partial charge in [-0.15, -0.1) is 0 Å². The second-order valence-electron chi connectivity index (χ2n) is 0. The van der Waals surface area contributed by atoms with E-state index in [9.17, 15) is 0 Å². The molecule has 0 heterocycles. The monoisotopic (exact) mass is 301 g/mol. The third-order valence-corrected chi connectivity index (χ3v) is 0. The van der Waals surface area contributed by atoms with Crippen molar-refractivity contribution in [1.29, 1.82) is 0 Å². The molecule has 0 fully saturated rings. The summed E-state index contributed by atoms with van der Waals surface area (Å²) in [7, 11) is 0. The molecule has 0 N–H and O–H groups in total. The Balaban J connectivity index is 0. The third-order valence-electron chi connectivity index (χ3n) is 0. The molecule has 0 aliphatic heterocycles. The predicted octanol–water partition coefficient (Wildman–Crippen LogP) is -0.297. The van der Waals surface area contributed by atoms with Crippen molar-refractivity contribution in [3.8, 4) is 0 Å². The van der Waals surface area contributed by atoms with Crippen LogP contribution in [0.25, 0.3) is 0 Å². The van der Waals surface area contributed by atoms with Crippen LogP contribution < -0.4 is 0 Å². The Labute approximate surface area is 56.1 Å². The van der Waals surface area contributed by atoms with E-state index in [1.807, 2.05) is 42.7 Å². The van der Waals surface area contributed by atoms with Crippen LogP contribution in [0.2, 0.25) is 0 Å². The van der Waals surface area contributed by atoms with E-state index in [0.29, 0.717) is 0 Å². The first kappa shape index (κ1) is 9.44. The van der Waals surface area contributed by atoms with E-state index < -0.39 is 0 Å². The Morgan fingerprint density at radius 3 is 1.00 bits per heavy atom. The van der Waals surface area contributed by atoms with Crippen molar-refractivity contribution in [2.75, 3.05) is 0 Å². The molecule has 4 heteroatoms. The first-order chi connectivity index (χ1) is 2.00. The number of hydrogen-bond acceptors (Lipinski definition) is 0. The summed E-state index contributed by atoms with van der Waals surface area (Å²) < 4.78 is 0. The normalized spacial score (nSPS) is 2.50. The Bertz CT molecular complexity index is 3.25. The molecule has 0 aromatic heterocycles. The molecule has 0 aromatic carbocycles. The molecule has 0 aromatic rings. The fraction of sp³-hybridized carbons (Fsp3) is 0. The summed E-state index contributed by atoms with van der Waals surface area (Å²) in [6.45, 7) is 0. The molecule has 19 valence electrons. The Morgan fingerprint density at radius 2 is 1.00 bits per heavy atom. The maximum atomic E-state index is 2.94. The van der Waals surface area contributed by atoms with Crippen molar-refractivity contribution in [2.24, 2.45) is 0 Å². The maximum absolute atomic E-state index is 2.94. The zero-order chi connectivity index (χ0) is 4.00. The van der Waals surface area contributed by atoms with Gasteiger partial charge < -0.3 is 0 Å². The Kier molecular flexibility index (Phi) is 45.8. The molecular formula is BrGe3. The van der Waals surface area contributed by atoms with Crippen molar-refractivity contribution in [1.82, 2.24) is 0 Å². The summed E-state index contributed by atoms with van der Waals surface area (Å²) in [5, 5.41) is 0. The van der Waals surface area contributed by atoms with Crippen molar-refractivity contribution >= 4 is 56.7 Å². The molecule has 4 heavy (non-hydrogen) atoms. The summed E-state index contributed by atoms with van der Waals surface area (Å²) in [5.74, 6) is 0. The van der Waals surface area contributed by atoms with Crippen LogP contribution in [0.1, 0.15) is 0 Å². The average Bonchev–Trinajstić information content (AvgIpc) is 1.50. The van der Waals surface area contributed by atoms with Crippen molar-refractivity contribution in [3.63, 3.8) is 0 Å². The standard InChI is InChI=1S/BrGe.Ge2/c2*1-2. The summed E-state index contributed by atoms with van der Waals surface area (Å²) >= 11 is 8.75.